The van der Waals surface area contributed by atoms with Crippen molar-refractivity contribution in [1.82, 2.24) is 0 Å². The van der Waals surface area contributed by atoms with Crippen LogP contribution in [-0.2, 0) is 21.1 Å². The Labute approximate surface area is 185 Å². The summed E-state index contributed by atoms with van der Waals surface area (Å²) < 4.78 is 78.4. The molecular formula is C20H16F4N2O4S2. The fourth-order valence-corrected chi connectivity index (χ4v) is 7.53. The molecule has 0 aromatic heterocycles. The number of carbonyl (C=O) groups is 1. The van der Waals surface area contributed by atoms with Crippen molar-refractivity contribution < 1.29 is 35.5 Å². The Hall–Kier alpha value is -2.60. The van der Waals surface area contributed by atoms with Gasteiger partial charge in [-0.05, 0) is 42.0 Å². The quantitative estimate of drug-likeness (QED) is 0.613. The molecule has 0 aliphatic carbocycles. The first-order valence-corrected chi connectivity index (χ1v) is 12.1. The second-order valence-corrected chi connectivity index (χ2v) is 10.7. The molecule has 0 radical (unpaired) electrons. The molecule has 0 unspecified atom stereocenters. The Kier molecular flexibility index (Phi) is 5.93. The van der Waals surface area contributed by atoms with E-state index in [-0.39, 0.29) is 28.3 Å². The summed E-state index contributed by atoms with van der Waals surface area (Å²) in [6.45, 7) is 0. The minimum absolute atomic E-state index is 0.0792. The van der Waals surface area contributed by atoms with Crippen LogP contribution < -0.4 is 9.64 Å². The number of benzene rings is 2. The molecule has 6 nitrogen and oxygen atoms in total. The van der Waals surface area contributed by atoms with Crippen LogP contribution in [0.5, 0.6) is 5.75 Å². The summed E-state index contributed by atoms with van der Waals surface area (Å²) in [5.41, 5.74) is 0.955. The number of rotatable bonds is 4. The fraction of sp³-hybridized carbons (Fsp3) is 0.300. The summed E-state index contributed by atoms with van der Waals surface area (Å²) >= 11 is 1.15. The van der Waals surface area contributed by atoms with Gasteiger partial charge in [-0.15, -0.1) is 13.2 Å². The van der Waals surface area contributed by atoms with Crippen LogP contribution in [0.15, 0.2) is 53.5 Å². The van der Waals surface area contributed by atoms with Crippen molar-refractivity contribution in [3.8, 4) is 5.75 Å². The van der Waals surface area contributed by atoms with E-state index >= 15 is 0 Å². The summed E-state index contributed by atoms with van der Waals surface area (Å²) in [6, 6.07) is 9.82. The molecule has 2 aromatic carbocycles. The van der Waals surface area contributed by atoms with Crippen molar-refractivity contribution in [2.75, 3.05) is 16.4 Å². The number of carbonyl (C=O) groups excluding carboxylic acids is 1. The van der Waals surface area contributed by atoms with Gasteiger partial charge < -0.3 is 9.64 Å². The first kappa shape index (κ1) is 22.6. The van der Waals surface area contributed by atoms with Crippen LogP contribution >= 0.6 is 11.8 Å². The van der Waals surface area contributed by atoms with E-state index in [4.69, 9.17) is 0 Å². The van der Waals surface area contributed by atoms with Crippen LogP contribution in [0, 0.1) is 5.82 Å². The summed E-state index contributed by atoms with van der Waals surface area (Å²) in [6.07, 6.45) is -4.92. The summed E-state index contributed by atoms with van der Waals surface area (Å²) in [4.78, 5) is 18.2. The Bertz CT molecular complexity index is 1150. The van der Waals surface area contributed by atoms with Gasteiger partial charge in [0.05, 0.1) is 24.0 Å². The highest BCUT2D eigenvalue weighted by Crippen LogP contribution is 2.41. The first-order valence-electron chi connectivity index (χ1n) is 9.37. The number of hydrogen-bond donors (Lipinski definition) is 0. The molecule has 32 heavy (non-hydrogen) atoms. The Morgan fingerprint density at radius 2 is 1.75 bits per heavy atom. The molecule has 0 bridgehead atoms. The van der Waals surface area contributed by atoms with Crippen molar-refractivity contribution >= 4 is 38.4 Å². The lowest BCUT2D eigenvalue weighted by Crippen LogP contribution is -2.37. The lowest BCUT2D eigenvalue weighted by Gasteiger charge is -2.24. The van der Waals surface area contributed by atoms with E-state index in [1.54, 1.807) is 4.90 Å². The van der Waals surface area contributed by atoms with Crippen LogP contribution in [0.4, 0.5) is 23.2 Å². The van der Waals surface area contributed by atoms with Gasteiger partial charge in [0, 0.05) is 10.9 Å². The lowest BCUT2D eigenvalue weighted by atomic mass is 10.1. The Balaban J connectivity index is 1.60. The van der Waals surface area contributed by atoms with Gasteiger partial charge >= 0.3 is 6.36 Å². The molecule has 170 valence electrons. The molecule has 2 atom stereocenters. The molecule has 2 aliphatic heterocycles. The van der Waals surface area contributed by atoms with E-state index in [1.165, 1.54) is 36.4 Å². The highest BCUT2D eigenvalue weighted by atomic mass is 32.2. The van der Waals surface area contributed by atoms with Gasteiger partial charge in [-0.3, -0.25) is 4.79 Å². The Morgan fingerprint density at radius 1 is 1.09 bits per heavy atom. The zero-order valence-corrected chi connectivity index (χ0v) is 17.9. The van der Waals surface area contributed by atoms with Gasteiger partial charge in [-0.25, -0.2) is 12.8 Å². The van der Waals surface area contributed by atoms with E-state index in [0.717, 1.165) is 23.9 Å². The number of anilines is 1. The number of amides is 1. The van der Waals surface area contributed by atoms with Crippen molar-refractivity contribution in [3.05, 3.63) is 59.9 Å². The molecule has 2 fully saturated rings. The smallest absolute Gasteiger partial charge is 0.406 e. The van der Waals surface area contributed by atoms with Crippen molar-refractivity contribution in [2.45, 2.75) is 24.1 Å². The number of hydrogen-bond acceptors (Lipinski definition) is 5. The van der Waals surface area contributed by atoms with Crippen LogP contribution in [0.25, 0.3) is 0 Å². The molecule has 1 amide bonds. The van der Waals surface area contributed by atoms with E-state index in [0.29, 0.717) is 11.3 Å². The lowest BCUT2D eigenvalue weighted by molar-refractivity contribution is -0.274. The zero-order valence-electron chi connectivity index (χ0n) is 16.3. The van der Waals surface area contributed by atoms with Gasteiger partial charge in [0.15, 0.2) is 15.0 Å². The number of alkyl halides is 3. The number of ether oxygens (including phenoxy) is 1. The van der Waals surface area contributed by atoms with Gasteiger partial charge in [-0.1, -0.05) is 23.9 Å². The molecule has 2 aliphatic rings. The first-order chi connectivity index (χ1) is 15.0. The number of halogens is 4. The summed E-state index contributed by atoms with van der Waals surface area (Å²) in [5.74, 6) is -1.61. The third-order valence-corrected chi connectivity index (χ3v) is 8.11. The summed E-state index contributed by atoms with van der Waals surface area (Å²) in [5, 5.41) is -0.0880. The van der Waals surface area contributed by atoms with Gasteiger partial charge in [0.25, 0.3) is 5.91 Å². The molecule has 2 heterocycles. The number of fused-ring (bicyclic) bond motifs is 1. The SMILES string of the molecule is O=C(Cc1ccc(F)cc1)N=C1S[C@H]2CS(=O)(=O)C[C@H]2N1c1ccc(OC(F)(F)F)cc1. The largest absolute Gasteiger partial charge is 0.573 e. The fourth-order valence-electron chi connectivity index (χ4n) is 3.60. The molecule has 2 saturated heterocycles. The minimum atomic E-state index is -4.84. The maximum atomic E-state index is 13.1. The van der Waals surface area contributed by atoms with Gasteiger partial charge in [0.2, 0.25) is 0 Å². The number of aliphatic imine (C=N–C) groups is 1. The van der Waals surface area contributed by atoms with Crippen molar-refractivity contribution in [1.29, 1.82) is 0 Å². The van der Waals surface area contributed by atoms with Gasteiger partial charge in [-0.2, -0.15) is 4.99 Å². The predicted molar refractivity (Wildman–Crippen MR) is 112 cm³/mol. The van der Waals surface area contributed by atoms with Gasteiger partial charge in [0.1, 0.15) is 11.6 Å². The number of amidine groups is 1. The second-order valence-electron chi connectivity index (χ2n) is 7.30. The second kappa shape index (κ2) is 8.39. The van der Waals surface area contributed by atoms with Crippen LogP contribution in [0.2, 0.25) is 0 Å². The molecule has 4 rings (SSSR count). The van der Waals surface area contributed by atoms with Crippen molar-refractivity contribution in [3.63, 3.8) is 0 Å². The minimum Gasteiger partial charge on any atom is -0.406 e. The number of sulfone groups is 1. The van der Waals surface area contributed by atoms with E-state index in [2.05, 4.69) is 9.73 Å². The highest BCUT2D eigenvalue weighted by Gasteiger charge is 2.49. The van der Waals surface area contributed by atoms with E-state index in [9.17, 15) is 30.8 Å². The molecular weight excluding hydrogens is 472 g/mol. The maximum Gasteiger partial charge on any atom is 0.573 e. The number of nitrogens with zero attached hydrogens (tertiary/aromatic N) is 2. The van der Waals surface area contributed by atoms with E-state index < -0.39 is 39.7 Å². The molecule has 0 saturated carbocycles. The average Bonchev–Trinajstić information content (AvgIpc) is 3.14. The highest BCUT2D eigenvalue weighted by molar-refractivity contribution is 8.16. The maximum absolute atomic E-state index is 13.1. The standard InChI is InChI=1S/C20H16F4N2O4S2/c21-13-3-1-12(2-4-13)9-18(27)25-19-26(16-10-32(28,29)11-17(16)31-19)14-5-7-15(8-6-14)30-20(22,23)24/h1-8,16-17H,9-11H2/t16-,17+/m1/s1. The number of thioether (sulfide) groups is 1. The third-order valence-electron chi connectivity index (χ3n) is 4.90. The monoisotopic (exact) mass is 488 g/mol. The van der Waals surface area contributed by atoms with Crippen LogP contribution in [0.3, 0.4) is 0 Å². The zero-order chi connectivity index (χ0) is 23.1. The van der Waals surface area contributed by atoms with Crippen molar-refractivity contribution in [2.24, 2.45) is 4.99 Å². The molecule has 2 aromatic rings. The summed E-state index contributed by atoms with van der Waals surface area (Å²) in [7, 11) is -3.29. The third kappa shape index (κ3) is 5.23. The van der Waals surface area contributed by atoms with E-state index in [1.807, 2.05) is 0 Å². The predicted octanol–water partition coefficient (Wildman–Crippen LogP) is 3.57. The molecule has 0 spiro atoms. The normalized spacial score (nSPS) is 23.4. The average molecular weight is 488 g/mol. The van der Waals surface area contributed by atoms with Crippen LogP contribution in [-0.4, -0.2) is 48.7 Å². The molecule has 0 N–H and O–H groups in total. The Morgan fingerprint density at radius 3 is 2.38 bits per heavy atom. The topological polar surface area (TPSA) is 76.0 Å². The van der Waals surface area contributed by atoms with Crippen LogP contribution in [0.1, 0.15) is 5.56 Å². The molecule has 12 heteroatoms.